The Balaban J connectivity index is 0. The van der Waals surface area contributed by atoms with E-state index < -0.39 is 0 Å². The molecule has 0 aromatic rings. The first-order chi connectivity index (χ1) is 2.77. The number of halogens is 3. The summed E-state index contributed by atoms with van der Waals surface area (Å²) in [5.74, 6) is 0. The molecule has 0 unspecified atom stereocenters. The van der Waals surface area contributed by atoms with E-state index in [-0.39, 0.29) is 12.4 Å². The third kappa shape index (κ3) is 10.9. The van der Waals surface area contributed by atoms with E-state index >= 15 is 0 Å². The van der Waals surface area contributed by atoms with Gasteiger partial charge in [-0.3, -0.25) is 0 Å². The first kappa shape index (κ1) is 10.7. The Labute approximate surface area is 60.2 Å². The Morgan fingerprint density at radius 1 is 1.43 bits per heavy atom. The molecule has 0 heterocycles. The van der Waals surface area contributed by atoms with Crippen LogP contribution in [0, 0.1) is 0 Å². The zero-order valence-electron chi connectivity index (χ0n) is 4.03. The van der Waals surface area contributed by atoms with Crippen LogP contribution in [0.15, 0.2) is 0 Å². The normalized spacial score (nSPS) is 8.57. The SMILES string of the molecule is CCCN(Cl)Cl.Cl. The van der Waals surface area contributed by atoms with Gasteiger partial charge in [-0.15, -0.1) is 16.3 Å². The quantitative estimate of drug-likeness (QED) is 0.567. The van der Waals surface area contributed by atoms with Crippen LogP contribution in [0.4, 0.5) is 0 Å². The highest BCUT2D eigenvalue weighted by atomic mass is 35.5. The van der Waals surface area contributed by atoms with Gasteiger partial charge in [-0.1, -0.05) is 6.92 Å². The molecule has 0 N–H and O–H groups in total. The summed E-state index contributed by atoms with van der Waals surface area (Å²) in [7, 11) is 0. The van der Waals surface area contributed by atoms with E-state index in [4.69, 9.17) is 23.6 Å². The molecule has 0 spiro atoms. The van der Waals surface area contributed by atoms with Crippen molar-refractivity contribution < 1.29 is 0 Å². The molecule has 0 aliphatic rings. The second kappa shape index (κ2) is 6.83. The molecule has 0 bridgehead atoms. The zero-order valence-corrected chi connectivity index (χ0v) is 6.35. The molecule has 1 nitrogen and oxygen atoms in total. The van der Waals surface area contributed by atoms with Gasteiger partial charge in [0.1, 0.15) is 0 Å². The molecule has 0 fully saturated rings. The summed E-state index contributed by atoms with van der Waals surface area (Å²) < 4.78 is 1.13. The Morgan fingerprint density at radius 3 is 1.86 bits per heavy atom. The van der Waals surface area contributed by atoms with Gasteiger partial charge in [0, 0.05) is 6.54 Å². The van der Waals surface area contributed by atoms with E-state index in [1.54, 1.807) is 0 Å². The van der Waals surface area contributed by atoms with Crippen molar-refractivity contribution in [2.75, 3.05) is 6.54 Å². The van der Waals surface area contributed by atoms with E-state index in [9.17, 15) is 0 Å². The lowest BCUT2D eigenvalue weighted by Gasteiger charge is -1.95. The van der Waals surface area contributed by atoms with Crippen LogP contribution >= 0.6 is 36.0 Å². The maximum absolute atomic E-state index is 5.18. The second-order valence-electron chi connectivity index (χ2n) is 1.03. The molecule has 4 heteroatoms. The summed E-state index contributed by atoms with van der Waals surface area (Å²) in [5, 5.41) is 0. The fourth-order valence-corrected chi connectivity index (χ4v) is 0.507. The van der Waals surface area contributed by atoms with E-state index in [0.29, 0.717) is 0 Å². The van der Waals surface area contributed by atoms with Gasteiger partial charge in [0.25, 0.3) is 0 Å². The van der Waals surface area contributed by atoms with Crippen LogP contribution in [-0.4, -0.2) is 10.5 Å². The van der Waals surface area contributed by atoms with Gasteiger partial charge >= 0.3 is 0 Å². The second-order valence-corrected chi connectivity index (χ2v) is 2.02. The maximum Gasteiger partial charge on any atom is 0.0301 e. The first-order valence-corrected chi connectivity index (χ1v) is 2.54. The third-order valence-corrected chi connectivity index (χ3v) is 0.731. The van der Waals surface area contributed by atoms with Crippen LogP contribution in [0.25, 0.3) is 0 Å². The molecule has 7 heavy (non-hydrogen) atoms. The number of nitrogens with zero attached hydrogens (tertiary/aromatic N) is 1. The van der Waals surface area contributed by atoms with Gasteiger partial charge < -0.3 is 0 Å². The van der Waals surface area contributed by atoms with Gasteiger partial charge in [-0.25, -0.2) is 0 Å². The molecule has 0 rings (SSSR count). The van der Waals surface area contributed by atoms with E-state index in [1.165, 1.54) is 0 Å². The fourth-order valence-electron chi connectivity index (χ4n) is 0.169. The minimum absolute atomic E-state index is 0. The summed E-state index contributed by atoms with van der Waals surface area (Å²) in [6.07, 6.45) is 0.993. The van der Waals surface area contributed by atoms with Crippen molar-refractivity contribution in [3.8, 4) is 0 Å². The van der Waals surface area contributed by atoms with Crippen molar-refractivity contribution in [1.82, 2.24) is 3.94 Å². The Morgan fingerprint density at radius 2 is 1.86 bits per heavy atom. The average Bonchev–Trinajstić information content (AvgIpc) is 1.35. The smallest absolute Gasteiger partial charge is 0.0301 e. The lowest BCUT2D eigenvalue weighted by atomic mass is 10.5. The topological polar surface area (TPSA) is 3.24 Å². The molecule has 46 valence electrons. The lowest BCUT2D eigenvalue weighted by Crippen LogP contribution is -1.95. The van der Waals surface area contributed by atoms with Crippen LogP contribution in [0.2, 0.25) is 0 Å². The van der Waals surface area contributed by atoms with Crippen LogP contribution in [0.3, 0.4) is 0 Å². The summed E-state index contributed by atoms with van der Waals surface area (Å²) in [4.78, 5) is 0. The Kier molecular flexibility index (Phi) is 10.5. The van der Waals surface area contributed by atoms with Crippen LogP contribution in [-0.2, 0) is 0 Å². The molecule has 0 amide bonds. The summed E-state index contributed by atoms with van der Waals surface area (Å²) in [6, 6.07) is 0. The van der Waals surface area contributed by atoms with Crippen molar-refractivity contribution in [3.05, 3.63) is 0 Å². The number of rotatable bonds is 2. The average molecular weight is 164 g/mol. The summed E-state index contributed by atoms with van der Waals surface area (Å²) >= 11 is 10.4. The standard InChI is InChI=1S/C3H7Cl2N.ClH/c1-2-3-6(4)5;/h2-3H2,1H3;1H. The minimum atomic E-state index is 0. The highest BCUT2D eigenvalue weighted by Gasteiger charge is 1.86. The lowest BCUT2D eigenvalue weighted by molar-refractivity contribution is 0.679. The molecule has 0 saturated carbocycles. The van der Waals surface area contributed by atoms with Gasteiger partial charge in [0.05, 0.1) is 0 Å². The molecule has 0 aromatic carbocycles. The number of hydrogen-bond acceptors (Lipinski definition) is 1. The van der Waals surface area contributed by atoms with Gasteiger partial charge in [0.15, 0.2) is 0 Å². The molecule has 0 aromatic heterocycles. The van der Waals surface area contributed by atoms with E-state index in [1.807, 2.05) is 6.92 Å². The van der Waals surface area contributed by atoms with Crippen LogP contribution in [0.1, 0.15) is 13.3 Å². The molecule has 0 aliphatic carbocycles. The van der Waals surface area contributed by atoms with E-state index in [0.717, 1.165) is 16.9 Å². The summed E-state index contributed by atoms with van der Waals surface area (Å²) in [6.45, 7) is 2.75. The van der Waals surface area contributed by atoms with Crippen molar-refractivity contribution >= 4 is 36.0 Å². The highest BCUT2D eigenvalue weighted by Crippen LogP contribution is 1.97. The Hall–Kier alpha value is 0.830. The van der Waals surface area contributed by atoms with Gasteiger partial charge in [-0.05, 0) is 30.0 Å². The summed E-state index contributed by atoms with van der Waals surface area (Å²) in [5.41, 5.74) is 0. The predicted octanol–water partition coefficient (Wildman–Crippen LogP) is 2.43. The van der Waals surface area contributed by atoms with E-state index in [2.05, 4.69) is 0 Å². The molecular formula is C3H8Cl3N. The molecule has 0 aliphatic heterocycles. The van der Waals surface area contributed by atoms with Crippen molar-refractivity contribution in [1.29, 1.82) is 0 Å². The van der Waals surface area contributed by atoms with Gasteiger partial charge in [-0.2, -0.15) is 0 Å². The molecule has 0 radical (unpaired) electrons. The fraction of sp³-hybridized carbons (Fsp3) is 1.00. The molecule has 0 atom stereocenters. The third-order valence-electron chi connectivity index (χ3n) is 0.393. The molecule has 0 saturated heterocycles. The molecular weight excluding hydrogens is 156 g/mol. The predicted molar refractivity (Wildman–Crippen MR) is 36.0 cm³/mol. The zero-order chi connectivity index (χ0) is 4.99. The van der Waals surface area contributed by atoms with Crippen LogP contribution < -0.4 is 0 Å². The monoisotopic (exact) mass is 163 g/mol. The number of hydrogen-bond donors (Lipinski definition) is 0. The maximum atomic E-state index is 5.18. The highest BCUT2D eigenvalue weighted by molar-refractivity contribution is 6.33. The van der Waals surface area contributed by atoms with Gasteiger partial charge in [0.2, 0.25) is 0 Å². The van der Waals surface area contributed by atoms with Crippen molar-refractivity contribution in [3.63, 3.8) is 0 Å². The van der Waals surface area contributed by atoms with Crippen molar-refractivity contribution in [2.45, 2.75) is 13.3 Å². The first-order valence-electron chi connectivity index (χ1n) is 1.86. The van der Waals surface area contributed by atoms with Crippen molar-refractivity contribution in [2.24, 2.45) is 0 Å². The largest absolute Gasteiger partial charge is 0.147 e. The minimum Gasteiger partial charge on any atom is -0.147 e. The van der Waals surface area contributed by atoms with Crippen LogP contribution in [0.5, 0.6) is 0 Å². The Bertz CT molecular complexity index is 31.4.